The molecule has 1 atom stereocenters. The molecule has 1 rings (SSSR count). The summed E-state index contributed by atoms with van der Waals surface area (Å²) >= 11 is 0. The number of rotatable bonds is 8. The van der Waals surface area contributed by atoms with Crippen LogP contribution in [-0.2, 0) is 18.9 Å². The van der Waals surface area contributed by atoms with Crippen LogP contribution in [0, 0.1) is 0 Å². The second kappa shape index (κ2) is 8.01. The van der Waals surface area contributed by atoms with E-state index in [-0.39, 0.29) is 5.79 Å². The van der Waals surface area contributed by atoms with Gasteiger partial charge in [0.1, 0.15) is 6.79 Å². The number of methoxy groups -OCH3 is 2. The highest BCUT2D eigenvalue weighted by Crippen LogP contribution is 2.30. The summed E-state index contributed by atoms with van der Waals surface area (Å²) in [5, 5.41) is 0. The molecule has 0 spiro atoms. The molecule has 0 bridgehead atoms. The lowest BCUT2D eigenvalue weighted by molar-refractivity contribution is -0.246. The molecule has 0 radical (unpaired) electrons. The minimum Gasteiger partial charge on any atom is -0.359 e. The summed E-state index contributed by atoms with van der Waals surface area (Å²) in [5.41, 5.74) is 0. The Labute approximate surface area is 98.2 Å². The summed E-state index contributed by atoms with van der Waals surface area (Å²) in [6.45, 7) is 1.95. The van der Waals surface area contributed by atoms with Crippen LogP contribution in [-0.4, -0.2) is 40.0 Å². The van der Waals surface area contributed by atoms with Gasteiger partial charge in [0.15, 0.2) is 5.79 Å². The molecule has 0 amide bonds. The van der Waals surface area contributed by atoms with Gasteiger partial charge >= 0.3 is 0 Å². The SMILES string of the molecule is COCOCCCCC1(OC)CCCCO1. The third-order valence-corrected chi connectivity index (χ3v) is 2.99. The summed E-state index contributed by atoms with van der Waals surface area (Å²) in [6, 6.07) is 0. The molecule has 0 aromatic rings. The first-order valence-electron chi connectivity index (χ1n) is 6.09. The summed E-state index contributed by atoms with van der Waals surface area (Å²) in [5.74, 6) is -0.320. The molecule has 0 N–H and O–H groups in total. The van der Waals surface area contributed by atoms with Crippen molar-refractivity contribution in [3.63, 3.8) is 0 Å². The second-order valence-corrected chi connectivity index (χ2v) is 4.19. The number of hydrogen-bond acceptors (Lipinski definition) is 4. The van der Waals surface area contributed by atoms with Gasteiger partial charge in [0.05, 0.1) is 6.61 Å². The first kappa shape index (κ1) is 13.9. The standard InChI is InChI=1S/C12H24O4/c1-13-11-15-9-5-3-7-12(14-2)8-4-6-10-16-12/h3-11H2,1-2H3. The molecule has 16 heavy (non-hydrogen) atoms. The van der Waals surface area contributed by atoms with Gasteiger partial charge < -0.3 is 18.9 Å². The lowest BCUT2D eigenvalue weighted by Gasteiger charge is -2.36. The van der Waals surface area contributed by atoms with Crippen LogP contribution in [0.3, 0.4) is 0 Å². The maximum Gasteiger partial charge on any atom is 0.167 e. The Morgan fingerprint density at radius 2 is 2.06 bits per heavy atom. The molecule has 1 unspecified atom stereocenters. The Balaban J connectivity index is 2.08. The molecule has 4 nitrogen and oxygen atoms in total. The second-order valence-electron chi connectivity index (χ2n) is 4.19. The smallest absolute Gasteiger partial charge is 0.167 e. The fourth-order valence-electron chi connectivity index (χ4n) is 2.03. The zero-order chi connectivity index (χ0) is 11.7. The van der Waals surface area contributed by atoms with E-state index in [4.69, 9.17) is 18.9 Å². The fourth-order valence-corrected chi connectivity index (χ4v) is 2.03. The zero-order valence-corrected chi connectivity index (χ0v) is 10.5. The van der Waals surface area contributed by atoms with Gasteiger partial charge in [-0.1, -0.05) is 0 Å². The average Bonchev–Trinajstić information content (AvgIpc) is 2.35. The van der Waals surface area contributed by atoms with Gasteiger partial charge in [-0.15, -0.1) is 0 Å². The Bertz CT molecular complexity index is 166. The molecule has 0 aliphatic carbocycles. The van der Waals surface area contributed by atoms with Crippen molar-refractivity contribution in [1.82, 2.24) is 0 Å². The molecule has 1 aliphatic heterocycles. The topological polar surface area (TPSA) is 36.9 Å². The van der Waals surface area contributed by atoms with Crippen molar-refractivity contribution < 1.29 is 18.9 Å². The first-order valence-corrected chi connectivity index (χ1v) is 6.09. The van der Waals surface area contributed by atoms with Crippen molar-refractivity contribution in [3.8, 4) is 0 Å². The maximum absolute atomic E-state index is 5.75. The van der Waals surface area contributed by atoms with E-state index in [1.165, 1.54) is 6.42 Å². The monoisotopic (exact) mass is 232 g/mol. The van der Waals surface area contributed by atoms with Crippen LogP contribution >= 0.6 is 0 Å². The molecule has 1 fully saturated rings. The molecule has 0 aromatic carbocycles. The van der Waals surface area contributed by atoms with Crippen LogP contribution in [0.2, 0.25) is 0 Å². The van der Waals surface area contributed by atoms with Gasteiger partial charge in [-0.05, 0) is 25.7 Å². The number of hydrogen-bond donors (Lipinski definition) is 0. The third-order valence-electron chi connectivity index (χ3n) is 2.99. The van der Waals surface area contributed by atoms with E-state index in [9.17, 15) is 0 Å². The van der Waals surface area contributed by atoms with Crippen molar-refractivity contribution in [2.45, 2.75) is 44.3 Å². The molecular weight excluding hydrogens is 208 g/mol. The van der Waals surface area contributed by atoms with E-state index in [0.717, 1.165) is 45.3 Å². The number of ether oxygens (including phenoxy) is 4. The first-order chi connectivity index (χ1) is 7.83. The zero-order valence-electron chi connectivity index (χ0n) is 10.5. The van der Waals surface area contributed by atoms with Gasteiger partial charge in [-0.3, -0.25) is 0 Å². The molecule has 1 heterocycles. The van der Waals surface area contributed by atoms with Crippen molar-refractivity contribution in [2.75, 3.05) is 34.2 Å². The predicted octanol–water partition coefficient (Wildman–Crippen LogP) is 2.32. The average molecular weight is 232 g/mol. The molecule has 0 aromatic heterocycles. The van der Waals surface area contributed by atoms with E-state index in [2.05, 4.69) is 0 Å². The van der Waals surface area contributed by atoms with Crippen molar-refractivity contribution >= 4 is 0 Å². The highest BCUT2D eigenvalue weighted by atomic mass is 16.7. The summed E-state index contributed by atoms with van der Waals surface area (Å²) in [7, 11) is 3.38. The van der Waals surface area contributed by atoms with E-state index in [1.807, 2.05) is 0 Å². The van der Waals surface area contributed by atoms with Gasteiger partial charge in [-0.2, -0.15) is 0 Å². The summed E-state index contributed by atoms with van der Waals surface area (Å²) in [6.07, 6.45) is 6.42. The highest BCUT2D eigenvalue weighted by Gasteiger charge is 2.32. The largest absolute Gasteiger partial charge is 0.359 e. The molecule has 96 valence electrons. The van der Waals surface area contributed by atoms with E-state index < -0.39 is 0 Å². The van der Waals surface area contributed by atoms with Crippen molar-refractivity contribution in [2.24, 2.45) is 0 Å². The van der Waals surface area contributed by atoms with E-state index in [0.29, 0.717) is 6.79 Å². The lowest BCUT2D eigenvalue weighted by Crippen LogP contribution is -2.38. The van der Waals surface area contributed by atoms with Crippen molar-refractivity contribution in [1.29, 1.82) is 0 Å². The van der Waals surface area contributed by atoms with Crippen LogP contribution in [0.15, 0.2) is 0 Å². The molecule has 1 saturated heterocycles. The predicted molar refractivity (Wildman–Crippen MR) is 61.2 cm³/mol. The normalized spacial score (nSPS) is 25.9. The van der Waals surface area contributed by atoms with Gasteiger partial charge in [0.25, 0.3) is 0 Å². The van der Waals surface area contributed by atoms with E-state index >= 15 is 0 Å². The molecule has 4 heteroatoms. The van der Waals surface area contributed by atoms with Gasteiger partial charge in [-0.25, -0.2) is 0 Å². The Kier molecular flexibility index (Phi) is 6.96. The van der Waals surface area contributed by atoms with Crippen LogP contribution in [0.25, 0.3) is 0 Å². The summed E-state index contributed by atoms with van der Waals surface area (Å²) in [4.78, 5) is 0. The van der Waals surface area contributed by atoms with Crippen LogP contribution in [0.4, 0.5) is 0 Å². The minimum atomic E-state index is -0.320. The lowest BCUT2D eigenvalue weighted by atomic mass is 9.99. The number of unbranched alkanes of at least 4 members (excludes halogenated alkanes) is 1. The Morgan fingerprint density at radius 3 is 2.69 bits per heavy atom. The molecule has 1 aliphatic rings. The van der Waals surface area contributed by atoms with E-state index in [1.54, 1.807) is 14.2 Å². The van der Waals surface area contributed by atoms with Crippen molar-refractivity contribution in [3.05, 3.63) is 0 Å². The quantitative estimate of drug-likeness (QED) is 0.475. The Morgan fingerprint density at radius 1 is 1.19 bits per heavy atom. The summed E-state index contributed by atoms with van der Waals surface area (Å²) < 4.78 is 21.3. The van der Waals surface area contributed by atoms with Gasteiger partial charge in [0, 0.05) is 33.7 Å². The van der Waals surface area contributed by atoms with Crippen LogP contribution in [0.5, 0.6) is 0 Å². The van der Waals surface area contributed by atoms with Gasteiger partial charge in [0.2, 0.25) is 0 Å². The minimum absolute atomic E-state index is 0.320. The van der Waals surface area contributed by atoms with Crippen LogP contribution in [0.1, 0.15) is 38.5 Å². The molecule has 0 saturated carbocycles. The Hall–Kier alpha value is -0.160. The maximum atomic E-state index is 5.75. The van der Waals surface area contributed by atoms with Crippen LogP contribution < -0.4 is 0 Å². The highest BCUT2D eigenvalue weighted by molar-refractivity contribution is 4.73. The molecular formula is C12H24O4. The fraction of sp³-hybridized carbons (Fsp3) is 1.00. The third kappa shape index (κ3) is 4.78.